The van der Waals surface area contributed by atoms with Gasteiger partial charge in [-0.15, -0.1) is 0 Å². The second kappa shape index (κ2) is 4.46. The molecule has 0 aliphatic carbocycles. The summed E-state index contributed by atoms with van der Waals surface area (Å²) in [4.78, 5) is 10.7. The first-order chi connectivity index (χ1) is 6.93. The van der Waals surface area contributed by atoms with Gasteiger partial charge >= 0.3 is 5.97 Å². The molecule has 0 radical (unpaired) electrons. The zero-order valence-corrected chi connectivity index (χ0v) is 9.26. The summed E-state index contributed by atoms with van der Waals surface area (Å²) in [5.41, 5.74) is 0.780. The molecule has 1 N–H and O–H groups in total. The van der Waals surface area contributed by atoms with Gasteiger partial charge in [-0.05, 0) is 24.1 Å². The van der Waals surface area contributed by atoms with Crippen molar-refractivity contribution in [1.82, 2.24) is 0 Å². The summed E-state index contributed by atoms with van der Waals surface area (Å²) >= 11 is 5.77. The lowest BCUT2D eigenvalue weighted by molar-refractivity contribution is 0.0697. The molecular formula is C9H7ClO4S. The van der Waals surface area contributed by atoms with E-state index >= 15 is 0 Å². The highest BCUT2D eigenvalue weighted by Crippen LogP contribution is 2.23. The van der Waals surface area contributed by atoms with E-state index in [-0.39, 0.29) is 10.6 Å². The Hall–Kier alpha value is -1.33. The van der Waals surface area contributed by atoms with Crippen LogP contribution in [-0.2, 0) is 10.3 Å². The van der Waals surface area contributed by atoms with Crippen LogP contribution >= 0.6 is 11.6 Å². The average molecular weight is 247 g/mol. The fraction of sp³-hybridized carbons (Fsp3) is 0.111. The average Bonchev–Trinajstić information content (AvgIpc) is 2.12. The Morgan fingerprint density at radius 2 is 2.07 bits per heavy atom. The van der Waals surface area contributed by atoms with Crippen LogP contribution < -0.4 is 0 Å². The van der Waals surface area contributed by atoms with E-state index in [4.69, 9.17) is 16.7 Å². The highest BCUT2D eigenvalue weighted by Gasteiger charge is 2.12. The van der Waals surface area contributed by atoms with Crippen LogP contribution in [0.3, 0.4) is 0 Å². The number of carboxylic acids is 1. The minimum atomic E-state index is -2.33. The van der Waals surface area contributed by atoms with Gasteiger partial charge in [0.05, 0.1) is 16.0 Å². The Bertz CT molecular complexity index is 537. The number of aromatic carboxylic acids is 1. The number of halogens is 1. The molecular weight excluding hydrogens is 240 g/mol. The summed E-state index contributed by atoms with van der Waals surface area (Å²) in [6.45, 7) is 1.56. The van der Waals surface area contributed by atoms with E-state index in [0.29, 0.717) is 11.1 Å². The second-order valence-corrected chi connectivity index (χ2v) is 3.96. The Labute approximate surface area is 92.6 Å². The lowest BCUT2D eigenvalue weighted by Crippen LogP contribution is -2.00. The molecule has 1 aromatic rings. The van der Waals surface area contributed by atoms with Crippen LogP contribution in [-0.4, -0.2) is 24.9 Å². The third-order valence-electron chi connectivity index (χ3n) is 1.88. The van der Waals surface area contributed by atoms with Gasteiger partial charge in [-0.2, -0.15) is 8.42 Å². The van der Waals surface area contributed by atoms with Crippen molar-refractivity contribution in [2.75, 3.05) is 0 Å². The summed E-state index contributed by atoms with van der Waals surface area (Å²) in [6.07, 6.45) is 0. The van der Waals surface area contributed by atoms with Crippen molar-refractivity contribution in [2.45, 2.75) is 6.92 Å². The summed E-state index contributed by atoms with van der Waals surface area (Å²) < 4.78 is 20.9. The van der Waals surface area contributed by atoms with Crippen LogP contribution in [0, 0.1) is 6.92 Å². The van der Waals surface area contributed by atoms with Gasteiger partial charge in [0.1, 0.15) is 0 Å². The molecule has 0 aliphatic heterocycles. The molecule has 0 atom stereocenters. The quantitative estimate of drug-likeness (QED) is 0.801. The minimum Gasteiger partial charge on any atom is -0.478 e. The van der Waals surface area contributed by atoms with Crippen LogP contribution in [0.1, 0.15) is 21.5 Å². The molecule has 15 heavy (non-hydrogen) atoms. The zero-order valence-electron chi connectivity index (χ0n) is 7.69. The number of hydrogen-bond donors (Lipinski definition) is 1. The maximum absolute atomic E-state index is 10.7. The standard InChI is InChI=1S/C9H7ClO4S/c1-5-6(4-15(13)14)2-3-7(8(5)10)9(11)12/h2-4H,1H3,(H,11,12). The van der Waals surface area contributed by atoms with Crippen LogP contribution in [0.25, 0.3) is 0 Å². The summed E-state index contributed by atoms with van der Waals surface area (Å²) in [5, 5.41) is 9.78. The van der Waals surface area contributed by atoms with Crippen molar-refractivity contribution < 1.29 is 18.3 Å². The first kappa shape index (κ1) is 11.7. The van der Waals surface area contributed by atoms with E-state index in [9.17, 15) is 13.2 Å². The van der Waals surface area contributed by atoms with Crippen LogP contribution in [0.15, 0.2) is 12.1 Å². The maximum atomic E-state index is 10.7. The van der Waals surface area contributed by atoms with Gasteiger partial charge in [0, 0.05) is 0 Å². The lowest BCUT2D eigenvalue weighted by atomic mass is 10.1. The molecule has 0 aromatic heterocycles. The summed E-state index contributed by atoms with van der Waals surface area (Å²) in [5.74, 6) is -1.14. The van der Waals surface area contributed by atoms with E-state index in [1.807, 2.05) is 0 Å². The molecule has 0 amide bonds. The topological polar surface area (TPSA) is 71.4 Å². The Balaban J connectivity index is 3.47. The molecule has 0 fully saturated rings. The van der Waals surface area contributed by atoms with Crippen molar-refractivity contribution in [3.05, 3.63) is 33.8 Å². The van der Waals surface area contributed by atoms with Crippen LogP contribution in [0.4, 0.5) is 0 Å². The number of carbonyl (C=O) groups is 1. The van der Waals surface area contributed by atoms with E-state index < -0.39 is 16.3 Å². The van der Waals surface area contributed by atoms with Crippen molar-refractivity contribution in [1.29, 1.82) is 0 Å². The van der Waals surface area contributed by atoms with Crippen molar-refractivity contribution >= 4 is 33.2 Å². The van der Waals surface area contributed by atoms with Gasteiger partial charge in [0.15, 0.2) is 0 Å². The van der Waals surface area contributed by atoms with Gasteiger partial charge < -0.3 is 5.11 Å². The van der Waals surface area contributed by atoms with E-state index in [1.54, 1.807) is 6.92 Å². The Morgan fingerprint density at radius 3 is 2.53 bits per heavy atom. The highest BCUT2D eigenvalue weighted by atomic mass is 35.5. The highest BCUT2D eigenvalue weighted by molar-refractivity contribution is 7.71. The number of hydrogen-bond acceptors (Lipinski definition) is 3. The molecule has 0 unspecified atom stereocenters. The fourth-order valence-corrected chi connectivity index (χ4v) is 1.81. The fourth-order valence-electron chi connectivity index (χ4n) is 1.10. The normalized spacial score (nSPS) is 9.73. The molecule has 0 saturated heterocycles. The largest absolute Gasteiger partial charge is 0.478 e. The lowest BCUT2D eigenvalue weighted by Gasteiger charge is -2.04. The van der Waals surface area contributed by atoms with E-state index in [2.05, 4.69) is 0 Å². The number of rotatable bonds is 2. The van der Waals surface area contributed by atoms with Gasteiger partial charge in [-0.3, -0.25) is 0 Å². The van der Waals surface area contributed by atoms with Crippen molar-refractivity contribution in [2.24, 2.45) is 0 Å². The molecule has 1 aromatic carbocycles. The first-order valence-corrected chi connectivity index (χ1v) is 5.40. The Kier molecular flexibility index (Phi) is 3.49. The van der Waals surface area contributed by atoms with E-state index in [0.717, 1.165) is 5.37 Å². The zero-order chi connectivity index (χ0) is 11.6. The molecule has 0 saturated carbocycles. The van der Waals surface area contributed by atoms with E-state index in [1.165, 1.54) is 12.1 Å². The third-order valence-corrected chi connectivity index (χ3v) is 2.82. The molecule has 0 bridgehead atoms. The monoisotopic (exact) mass is 246 g/mol. The second-order valence-electron chi connectivity index (χ2n) is 2.82. The predicted octanol–water partition coefficient (Wildman–Crippen LogP) is 1.38. The summed E-state index contributed by atoms with van der Waals surface area (Å²) in [6, 6.07) is 2.68. The molecule has 4 nitrogen and oxygen atoms in total. The maximum Gasteiger partial charge on any atom is 0.337 e. The Morgan fingerprint density at radius 1 is 1.47 bits per heavy atom. The van der Waals surface area contributed by atoms with Crippen LogP contribution in [0.2, 0.25) is 5.02 Å². The third kappa shape index (κ3) is 2.57. The molecule has 0 spiro atoms. The van der Waals surface area contributed by atoms with Crippen LogP contribution in [0.5, 0.6) is 0 Å². The van der Waals surface area contributed by atoms with Crippen molar-refractivity contribution in [3.8, 4) is 0 Å². The number of benzene rings is 1. The molecule has 80 valence electrons. The SMILES string of the molecule is Cc1c(C=S(=O)=O)ccc(C(=O)O)c1Cl. The molecule has 6 heteroatoms. The van der Waals surface area contributed by atoms with Gasteiger partial charge in [0.25, 0.3) is 0 Å². The van der Waals surface area contributed by atoms with Crippen molar-refractivity contribution in [3.63, 3.8) is 0 Å². The first-order valence-electron chi connectivity index (χ1n) is 3.89. The molecule has 0 aliphatic rings. The number of carboxylic acid groups (broad SMARTS) is 1. The minimum absolute atomic E-state index is 0.0389. The van der Waals surface area contributed by atoms with Gasteiger partial charge in [-0.1, -0.05) is 17.7 Å². The van der Waals surface area contributed by atoms with Gasteiger partial charge in [-0.25, -0.2) is 4.79 Å². The molecule has 1 rings (SSSR count). The van der Waals surface area contributed by atoms with Gasteiger partial charge in [0.2, 0.25) is 10.3 Å². The molecule has 0 heterocycles. The summed E-state index contributed by atoms with van der Waals surface area (Å²) in [7, 11) is -2.33. The smallest absolute Gasteiger partial charge is 0.337 e. The predicted molar refractivity (Wildman–Crippen MR) is 57.2 cm³/mol.